The Morgan fingerprint density at radius 1 is 1.26 bits per heavy atom. The fraction of sp³-hybridized carbons (Fsp3) is 0.389. The molecule has 1 aromatic carbocycles. The van der Waals surface area contributed by atoms with E-state index in [1.165, 1.54) is 35.2 Å². The molecule has 164 valence electrons. The second-order valence-corrected chi connectivity index (χ2v) is 11.3. The fourth-order valence-corrected chi connectivity index (χ4v) is 6.60. The SMILES string of the molecule is Cn1c(SCc2nnc(C(=O)NCc3ccc(F)cc3)s2)nnc1C1CCS(=O)(=O)C1. The first-order valence-electron chi connectivity index (χ1n) is 9.38. The zero-order valence-corrected chi connectivity index (χ0v) is 18.9. The molecule has 1 saturated heterocycles. The van der Waals surface area contributed by atoms with E-state index in [0.29, 0.717) is 28.2 Å². The Balaban J connectivity index is 1.32. The van der Waals surface area contributed by atoms with E-state index in [4.69, 9.17) is 0 Å². The lowest BCUT2D eigenvalue weighted by atomic mass is 10.1. The van der Waals surface area contributed by atoms with Crippen LogP contribution >= 0.6 is 23.1 Å². The number of hydrogen-bond acceptors (Lipinski definition) is 9. The number of nitrogens with zero attached hydrogens (tertiary/aromatic N) is 5. The molecular formula is C18H19FN6O3S3. The van der Waals surface area contributed by atoms with Crippen molar-refractivity contribution in [2.75, 3.05) is 11.5 Å². The van der Waals surface area contributed by atoms with Crippen LogP contribution < -0.4 is 5.32 Å². The molecule has 0 bridgehead atoms. The van der Waals surface area contributed by atoms with Gasteiger partial charge in [0.25, 0.3) is 5.91 Å². The molecule has 3 heterocycles. The van der Waals surface area contributed by atoms with E-state index in [1.807, 2.05) is 11.6 Å². The smallest absolute Gasteiger partial charge is 0.282 e. The van der Waals surface area contributed by atoms with Crippen molar-refractivity contribution in [3.8, 4) is 0 Å². The van der Waals surface area contributed by atoms with E-state index in [2.05, 4.69) is 25.7 Å². The number of hydrogen-bond donors (Lipinski definition) is 1. The van der Waals surface area contributed by atoms with Gasteiger partial charge in [0, 0.05) is 19.5 Å². The summed E-state index contributed by atoms with van der Waals surface area (Å²) in [4.78, 5) is 12.3. The highest BCUT2D eigenvalue weighted by Crippen LogP contribution is 2.30. The minimum absolute atomic E-state index is 0.108. The lowest BCUT2D eigenvalue weighted by Gasteiger charge is -2.07. The highest BCUT2D eigenvalue weighted by molar-refractivity contribution is 7.98. The number of aromatic nitrogens is 5. The van der Waals surface area contributed by atoms with Crippen molar-refractivity contribution in [3.63, 3.8) is 0 Å². The van der Waals surface area contributed by atoms with Gasteiger partial charge >= 0.3 is 0 Å². The van der Waals surface area contributed by atoms with Crippen molar-refractivity contribution < 1.29 is 17.6 Å². The summed E-state index contributed by atoms with van der Waals surface area (Å²) in [5, 5.41) is 20.6. The largest absolute Gasteiger partial charge is 0.346 e. The number of halogens is 1. The average molecular weight is 483 g/mol. The van der Waals surface area contributed by atoms with E-state index in [0.717, 1.165) is 5.56 Å². The monoisotopic (exact) mass is 482 g/mol. The number of benzene rings is 1. The zero-order chi connectivity index (χ0) is 22.0. The molecule has 9 nitrogen and oxygen atoms in total. The van der Waals surface area contributed by atoms with Gasteiger partial charge in [0.05, 0.1) is 17.3 Å². The predicted molar refractivity (Wildman–Crippen MR) is 114 cm³/mol. The van der Waals surface area contributed by atoms with E-state index < -0.39 is 9.84 Å². The molecule has 1 aliphatic rings. The fourth-order valence-electron chi connectivity index (χ4n) is 3.20. The molecule has 1 amide bonds. The van der Waals surface area contributed by atoms with Crippen molar-refractivity contribution in [1.82, 2.24) is 30.3 Å². The quantitative estimate of drug-likeness (QED) is 0.507. The highest BCUT2D eigenvalue weighted by atomic mass is 32.2. The summed E-state index contributed by atoms with van der Waals surface area (Å²) in [5.74, 6) is 0.612. The summed E-state index contributed by atoms with van der Waals surface area (Å²) in [5.41, 5.74) is 0.781. The van der Waals surface area contributed by atoms with Gasteiger partial charge in [0.1, 0.15) is 16.6 Å². The van der Waals surface area contributed by atoms with E-state index in [9.17, 15) is 17.6 Å². The van der Waals surface area contributed by atoms with Crippen LogP contribution in [-0.2, 0) is 29.2 Å². The summed E-state index contributed by atoms with van der Waals surface area (Å²) in [6.45, 7) is 0.265. The third-order valence-electron chi connectivity index (χ3n) is 4.82. The Bertz CT molecular complexity index is 1190. The van der Waals surface area contributed by atoms with Gasteiger partial charge in [-0.2, -0.15) is 0 Å². The number of rotatable bonds is 7. The van der Waals surface area contributed by atoms with Crippen LogP contribution in [0.15, 0.2) is 29.4 Å². The predicted octanol–water partition coefficient (Wildman–Crippen LogP) is 1.93. The number of thioether (sulfide) groups is 1. The molecule has 13 heteroatoms. The summed E-state index contributed by atoms with van der Waals surface area (Å²) in [7, 11) is -1.18. The molecule has 3 aromatic rings. The first kappa shape index (κ1) is 21.8. The molecule has 1 aliphatic heterocycles. The highest BCUT2D eigenvalue weighted by Gasteiger charge is 2.32. The van der Waals surface area contributed by atoms with Crippen LogP contribution in [0.2, 0.25) is 0 Å². The summed E-state index contributed by atoms with van der Waals surface area (Å²) in [6, 6.07) is 5.89. The molecule has 0 aliphatic carbocycles. The van der Waals surface area contributed by atoms with E-state index in [1.54, 1.807) is 12.1 Å². The molecule has 4 rings (SSSR count). The summed E-state index contributed by atoms with van der Waals surface area (Å²) >= 11 is 2.58. The van der Waals surface area contributed by atoms with Crippen molar-refractivity contribution in [3.05, 3.63) is 51.5 Å². The molecule has 0 saturated carbocycles. The van der Waals surface area contributed by atoms with Crippen LogP contribution in [0.1, 0.15) is 38.5 Å². The summed E-state index contributed by atoms with van der Waals surface area (Å²) in [6.07, 6.45) is 0.561. The van der Waals surface area contributed by atoms with Gasteiger partial charge in [0.2, 0.25) is 5.01 Å². The van der Waals surface area contributed by atoms with Gasteiger partial charge < -0.3 is 9.88 Å². The zero-order valence-electron chi connectivity index (χ0n) is 16.5. The van der Waals surface area contributed by atoms with Crippen LogP contribution in [0, 0.1) is 5.82 Å². The van der Waals surface area contributed by atoms with E-state index in [-0.39, 0.29) is 40.7 Å². The van der Waals surface area contributed by atoms with Crippen LogP contribution in [-0.4, -0.2) is 50.8 Å². The maximum absolute atomic E-state index is 12.9. The Morgan fingerprint density at radius 3 is 2.74 bits per heavy atom. The van der Waals surface area contributed by atoms with Crippen molar-refractivity contribution in [1.29, 1.82) is 0 Å². The maximum atomic E-state index is 12.9. The minimum Gasteiger partial charge on any atom is -0.346 e. The molecule has 0 radical (unpaired) electrons. The maximum Gasteiger partial charge on any atom is 0.282 e. The van der Waals surface area contributed by atoms with Crippen molar-refractivity contribution in [2.24, 2.45) is 7.05 Å². The number of sulfone groups is 1. The normalized spacial score (nSPS) is 17.7. The number of carbonyl (C=O) groups excluding carboxylic acids is 1. The topological polar surface area (TPSA) is 120 Å². The molecule has 1 atom stereocenters. The molecule has 1 N–H and O–H groups in total. The Morgan fingerprint density at radius 2 is 2.03 bits per heavy atom. The second kappa shape index (κ2) is 9.01. The van der Waals surface area contributed by atoms with Gasteiger partial charge in [-0.3, -0.25) is 4.79 Å². The Labute approximate surface area is 186 Å². The standard InChI is InChI=1S/C18H19FN6O3S3/c1-25-15(12-6-7-31(27,28)10-12)22-24-18(25)29-9-14-21-23-17(30-14)16(26)20-8-11-2-4-13(19)5-3-11/h2-5,12H,6-10H2,1H3,(H,20,26). The van der Waals surface area contributed by atoms with Gasteiger partial charge in [-0.05, 0) is 24.1 Å². The second-order valence-electron chi connectivity index (χ2n) is 7.10. The molecule has 1 unspecified atom stereocenters. The Hall–Kier alpha value is -2.38. The first-order chi connectivity index (χ1) is 14.8. The van der Waals surface area contributed by atoms with Gasteiger partial charge in [-0.1, -0.05) is 35.2 Å². The first-order valence-corrected chi connectivity index (χ1v) is 13.0. The van der Waals surface area contributed by atoms with Crippen molar-refractivity contribution in [2.45, 2.75) is 29.8 Å². The average Bonchev–Trinajstić information content (AvgIpc) is 3.44. The van der Waals surface area contributed by atoms with Crippen LogP contribution in [0.25, 0.3) is 0 Å². The molecule has 31 heavy (non-hydrogen) atoms. The molecule has 2 aromatic heterocycles. The van der Waals surface area contributed by atoms with Crippen LogP contribution in [0.5, 0.6) is 0 Å². The number of nitrogens with one attached hydrogen (secondary N) is 1. The van der Waals surface area contributed by atoms with Gasteiger partial charge in [-0.25, -0.2) is 12.8 Å². The molecule has 0 spiro atoms. The minimum atomic E-state index is -3.00. The van der Waals surface area contributed by atoms with Crippen LogP contribution in [0.3, 0.4) is 0 Å². The lowest BCUT2D eigenvalue weighted by Crippen LogP contribution is -2.22. The van der Waals surface area contributed by atoms with Gasteiger partial charge in [0.15, 0.2) is 15.0 Å². The Kier molecular flexibility index (Phi) is 6.34. The number of amides is 1. The van der Waals surface area contributed by atoms with Crippen LogP contribution in [0.4, 0.5) is 4.39 Å². The molecular weight excluding hydrogens is 463 g/mol. The lowest BCUT2D eigenvalue weighted by molar-refractivity contribution is 0.0950. The van der Waals surface area contributed by atoms with E-state index >= 15 is 0 Å². The third-order valence-corrected chi connectivity index (χ3v) is 8.72. The molecule has 1 fully saturated rings. The third kappa shape index (κ3) is 5.28. The number of carbonyl (C=O) groups is 1. The summed E-state index contributed by atoms with van der Waals surface area (Å²) < 4.78 is 38.2. The van der Waals surface area contributed by atoms with Crippen molar-refractivity contribution >= 4 is 38.8 Å². The van der Waals surface area contributed by atoms with Gasteiger partial charge in [-0.15, -0.1) is 20.4 Å².